The quantitative estimate of drug-likeness (QED) is 0.497. The SMILES string of the molecule is O=C(Nc1ccc(F)cc1)c1ccccc1SCc1cn2ccccc2n1. The number of carbonyl (C=O) groups is 1. The Morgan fingerprint density at radius 2 is 1.81 bits per heavy atom. The molecule has 0 aliphatic heterocycles. The minimum absolute atomic E-state index is 0.222. The first kappa shape index (κ1) is 17.3. The number of thioether (sulfide) groups is 1. The van der Waals surface area contributed by atoms with Gasteiger partial charge in [0.05, 0.1) is 11.3 Å². The van der Waals surface area contributed by atoms with Gasteiger partial charge in [-0.2, -0.15) is 0 Å². The lowest BCUT2D eigenvalue weighted by Gasteiger charge is -2.09. The predicted molar refractivity (Wildman–Crippen MR) is 106 cm³/mol. The first-order valence-electron chi connectivity index (χ1n) is 8.40. The van der Waals surface area contributed by atoms with Crippen LogP contribution in [0.25, 0.3) is 5.65 Å². The van der Waals surface area contributed by atoms with Crippen molar-refractivity contribution in [3.63, 3.8) is 0 Å². The zero-order valence-corrected chi connectivity index (χ0v) is 15.1. The summed E-state index contributed by atoms with van der Waals surface area (Å²) >= 11 is 1.56. The molecule has 0 fully saturated rings. The third-order valence-electron chi connectivity index (χ3n) is 4.02. The van der Waals surface area contributed by atoms with Gasteiger partial charge in [0, 0.05) is 28.7 Å². The van der Waals surface area contributed by atoms with Crippen LogP contribution >= 0.6 is 11.8 Å². The molecule has 0 bridgehead atoms. The van der Waals surface area contributed by atoms with Gasteiger partial charge in [0.1, 0.15) is 11.5 Å². The molecule has 2 aromatic heterocycles. The Hall–Kier alpha value is -3.12. The van der Waals surface area contributed by atoms with Crippen molar-refractivity contribution in [2.45, 2.75) is 10.6 Å². The number of pyridine rings is 1. The first-order chi connectivity index (χ1) is 13.2. The molecule has 134 valence electrons. The Balaban J connectivity index is 1.50. The lowest BCUT2D eigenvalue weighted by atomic mass is 10.2. The highest BCUT2D eigenvalue weighted by Gasteiger charge is 2.12. The number of hydrogen-bond acceptors (Lipinski definition) is 3. The number of anilines is 1. The second kappa shape index (κ2) is 7.63. The van der Waals surface area contributed by atoms with Gasteiger partial charge in [-0.1, -0.05) is 18.2 Å². The monoisotopic (exact) mass is 377 g/mol. The fourth-order valence-electron chi connectivity index (χ4n) is 2.72. The van der Waals surface area contributed by atoms with E-state index in [1.54, 1.807) is 30.0 Å². The van der Waals surface area contributed by atoms with Crippen molar-refractivity contribution in [1.82, 2.24) is 9.38 Å². The zero-order valence-electron chi connectivity index (χ0n) is 14.3. The Labute approximate surface area is 160 Å². The topological polar surface area (TPSA) is 46.4 Å². The third kappa shape index (κ3) is 4.01. The summed E-state index contributed by atoms with van der Waals surface area (Å²) in [5.41, 5.74) is 2.98. The van der Waals surface area contributed by atoms with E-state index in [1.165, 1.54) is 12.1 Å². The van der Waals surface area contributed by atoms with Crippen molar-refractivity contribution in [3.8, 4) is 0 Å². The number of aromatic nitrogens is 2. The van der Waals surface area contributed by atoms with Gasteiger partial charge in [-0.15, -0.1) is 11.8 Å². The van der Waals surface area contributed by atoms with Crippen LogP contribution in [0.1, 0.15) is 16.1 Å². The van der Waals surface area contributed by atoms with Crippen LogP contribution in [0.2, 0.25) is 0 Å². The van der Waals surface area contributed by atoms with Crippen LogP contribution in [0.15, 0.2) is 84.0 Å². The maximum absolute atomic E-state index is 13.0. The summed E-state index contributed by atoms with van der Waals surface area (Å²) < 4.78 is 15.0. The maximum Gasteiger partial charge on any atom is 0.256 e. The smallest absolute Gasteiger partial charge is 0.256 e. The molecule has 4 rings (SSSR count). The second-order valence-corrected chi connectivity index (χ2v) is 6.96. The molecule has 2 heterocycles. The minimum atomic E-state index is -0.337. The molecule has 2 aromatic carbocycles. The molecule has 6 heteroatoms. The van der Waals surface area contributed by atoms with Crippen LogP contribution in [-0.2, 0) is 5.75 Å². The van der Waals surface area contributed by atoms with Crippen molar-refractivity contribution in [3.05, 3.63) is 96.2 Å². The number of rotatable bonds is 5. The Morgan fingerprint density at radius 1 is 1.04 bits per heavy atom. The highest BCUT2D eigenvalue weighted by Crippen LogP contribution is 2.27. The van der Waals surface area contributed by atoms with Gasteiger partial charge in [-0.05, 0) is 48.5 Å². The summed E-state index contributed by atoms with van der Waals surface area (Å²) in [6.45, 7) is 0. The van der Waals surface area contributed by atoms with E-state index in [1.807, 2.05) is 53.2 Å². The molecule has 0 saturated carbocycles. The van der Waals surface area contributed by atoms with Crippen LogP contribution in [-0.4, -0.2) is 15.3 Å². The Morgan fingerprint density at radius 3 is 2.63 bits per heavy atom. The van der Waals surface area contributed by atoms with Crippen molar-refractivity contribution in [2.24, 2.45) is 0 Å². The lowest BCUT2D eigenvalue weighted by Crippen LogP contribution is -2.12. The normalized spacial score (nSPS) is 10.9. The Kier molecular flexibility index (Phi) is 4.89. The van der Waals surface area contributed by atoms with E-state index >= 15 is 0 Å². The largest absolute Gasteiger partial charge is 0.322 e. The first-order valence-corrected chi connectivity index (χ1v) is 9.39. The number of nitrogens with zero attached hydrogens (tertiary/aromatic N) is 2. The molecule has 1 N–H and O–H groups in total. The number of hydrogen-bond donors (Lipinski definition) is 1. The second-order valence-electron chi connectivity index (χ2n) is 5.94. The van der Waals surface area contributed by atoms with Crippen LogP contribution in [0.3, 0.4) is 0 Å². The number of halogens is 1. The number of benzene rings is 2. The number of carbonyl (C=O) groups excluding carboxylic acids is 1. The standard InChI is InChI=1S/C21H16FN3OS/c22-15-8-10-16(11-9-15)24-21(26)18-5-1-2-6-19(18)27-14-17-13-25-12-4-3-7-20(25)23-17/h1-13H,14H2,(H,24,26). The van der Waals surface area contributed by atoms with Gasteiger partial charge in [0.25, 0.3) is 5.91 Å². The molecule has 4 nitrogen and oxygen atoms in total. The van der Waals surface area contributed by atoms with E-state index in [9.17, 15) is 9.18 Å². The molecule has 0 radical (unpaired) electrons. The van der Waals surface area contributed by atoms with Gasteiger partial charge >= 0.3 is 0 Å². The van der Waals surface area contributed by atoms with Crippen LogP contribution in [0.4, 0.5) is 10.1 Å². The molecule has 0 aliphatic carbocycles. The number of fused-ring (bicyclic) bond motifs is 1. The molecule has 0 saturated heterocycles. The number of imidazole rings is 1. The molecule has 0 atom stereocenters. The molecular formula is C21H16FN3OS. The molecule has 4 aromatic rings. The van der Waals surface area contributed by atoms with E-state index in [2.05, 4.69) is 10.3 Å². The average molecular weight is 377 g/mol. The van der Waals surface area contributed by atoms with Crippen molar-refractivity contribution >= 4 is 29.0 Å². The van der Waals surface area contributed by atoms with E-state index in [0.717, 1.165) is 16.2 Å². The highest BCUT2D eigenvalue weighted by atomic mass is 32.2. The van der Waals surface area contributed by atoms with E-state index < -0.39 is 0 Å². The maximum atomic E-state index is 13.0. The highest BCUT2D eigenvalue weighted by molar-refractivity contribution is 7.98. The average Bonchev–Trinajstić information content (AvgIpc) is 3.11. The molecule has 1 amide bonds. The van der Waals surface area contributed by atoms with Gasteiger partial charge in [-0.3, -0.25) is 4.79 Å². The Bertz CT molecular complexity index is 1060. The van der Waals surface area contributed by atoms with Crippen LogP contribution in [0, 0.1) is 5.82 Å². The molecule has 0 aliphatic rings. The molecule has 0 spiro atoms. The third-order valence-corrected chi connectivity index (χ3v) is 5.13. The van der Waals surface area contributed by atoms with Crippen LogP contribution in [0.5, 0.6) is 0 Å². The molecular weight excluding hydrogens is 361 g/mol. The van der Waals surface area contributed by atoms with Gasteiger partial charge in [-0.25, -0.2) is 9.37 Å². The van der Waals surface area contributed by atoms with E-state index in [-0.39, 0.29) is 11.7 Å². The van der Waals surface area contributed by atoms with Gasteiger partial charge < -0.3 is 9.72 Å². The van der Waals surface area contributed by atoms with Crippen molar-refractivity contribution in [2.75, 3.05) is 5.32 Å². The molecule has 0 unspecified atom stereocenters. The van der Waals surface area contributed by atoms with E-state index in [4.69, 9.17) is 0 Å². The zero-order chi connectivity index (χ0) is 18.6. The summed E-state index contributed by atoms with van der Waals surface area (Å²) in [5.74, 6) is 0.0961. The summed E-state index contributed by atoms with van der Waals surface area (Å²) in [4.78, 5) is 18.1. The summed E-state index contributed by atoms with van der Waals surface area (Å²) in [7, 11) is 0. The van der Waals surface area contributed by atoms with Crippen molar-refractivity contribution in [1.29, 1.82) is 0 Å². The summed E-state index contributed by atoms with van der Waals surface area (Å²) in [5, 5.41) is 2.81. The van der Waals surface area contributed by atoms with Crippen molar-refractivity contribution < 1.29 is 9.18 Å². The predicted octanol–water partition coefficient (Wildman–Crippen LogP) is 5.02. The minimum Gasteiger partial charge on any atom is -0.322 e. The number of nitrogens with one attached hydrogen (secondary N) is 1. The summed E-state index contributed by atoms with van der Waals surface area (Å²) in [6, 6.07) is 19.0. The fraction of sp³-hybridized carbons (Fsp3) is 0.0476. The van der Waals surface area contributed by atoms with E-state index in [0.29, 0.717) is 17.0 Å². The van der Waals surface area contributed by atoms with Gasteiger partial charge in [0.15, 0.2) is 0 Å². The number of amides is 1. The molecule has 27 heavy (non-hydrogen) atoms. The van der Waals surface area contributed by atoms with Gasteiger partial charge in [0.2, 0.25) is 0 Å². The lowest BCUT2D eigenvalue weighted by molar-refractivity contribution is 0.102. The fourth-order valence-corrected chi connectivity index (χ4v) is 3.65. The van der Waals surface area contributed by atoms with Crippen LogP contribution < -0.4 is 5.32 Å². The summed E-state index contributed by atoms with van der Waals surface area (Å²) in [6.07, 6.45) is 3.95.